The van der Waals surface area contributed by atoms with Crippen LogP contribution < -0.4 is 0 Å². The van der Waals surface area contributed by atoms with Crippen LogP contribution in [0.3, 0.4) is 0 Å². The molecule has 0 spiro atoms. The summed E-state index contributed by atoms with van der Waals surface area (Å²) < 4.78 is 5.74. The molecule has 0 saturated heterocycles. The number of nitrogens with zero attached hydrogens (tertiary/aromatic N) is 3. The van der Waals surface area contributed by atoms with Gasteiger partial charge in [-0.15, -0.1) is 0 Å². The number of rotatable bonds is 0. The minimum Gasteiger partial charge on any atom is -0.451 e. The molecule has 0 unspecified atom stereocenters. The highest BCUT2D eigenvalue weighted by molar-refractivity contribution is 5.86. The highest BCUT2D eigenvalue weighted by Gasteiger charge is 2.08. The average Bonchev–Trinajstić information content (AvgIpc) is 2.60. The van der Waals surface area contributed by atoms with Crippen molar-refractivity contribution < 1.29 is 9.53 Å². The number of carbonyl (C=O) groups excluding carboxylic acids is 1. The minimum atomic E-state index is -0.499. The molecule has 0 aliphatic rings. The van der Waals surface area contributed by atoms with E-state index in [1.165, 1.54) is 11.8 Å². The van der Waals surface area contributed by atoms with E-state index >= 15 is 0 Å². The van der Waals surface area contributed by atoms with Crippen molar-refractivity contribution in [1.29, 1.82) is 0 Å². The van der Waals surface area contributed by atoms with Crippen LogP contribution >= 0.6 is 0 Å². The number of pyridine rings is 1. The second kappa shape index (κ2) is 2.85. The first-order valence-corrected chi connectivity index (χ1v) is 3.69. The summed E-state index contributed by atoms with van der Waals surface area (Å²) in [5.41, 5.74) is 0.696. The summed E-state index contributed by atoms with van der Waals surface area (Å²) in [6.45, 7) is 0. The molecular weight excluding hydrogens is 170 g/mol. The molecule has 0 radical (unpaired) electrons. The zero-order valence-corrected chi connectivity index (χ0v) is 6.97. The van der Waals surface area contributed by atoms with Gasteiger partial charge in [-0.25, -0.2) is 4.79 Å². The van der Waals surface area contributed by atoms with Gasteiger partial charge in [0.05, 0.1) is 18.8 Å². The predicted octanol–water partition coefficient (Wildman–Crippen LogP) is 1.05. The molecule has 0 fully saturated rings. The fourth-order valence-corrected chi connectivity index (χ4v) is 1.11. The molecule has 2 aromatic rings. The van der Waals surface area contributed by atoms with E-state index in [1.807, 2.05) is 0 Å². The first kappa shape index (κ1) is 7.72. The molecule has 0 N–H and O–H groups in total. The summed E-state index contributed by atoms with van der Waals surface area (Å²) in [4.78, 5) is 15.1. The SMILES string of the molecule is COC(=O)n1ncc2cnccc21. The van der Waals surface area contributed by atoms with Crippen LogP contribution in [0.4, 0.5) is 4.79 Å². The lowest BCUT2D eigenvalue weighted by atomic mass is 10.3. The van der Waals surface area contributed by atoms with E-state index in [-0.39, 0.29) is 0 Å². The molecule has 2 heterocycles. The normalized spacial score (nSPS) is 10.2. The summed E-state index contributed by atoms with van der Waals surface area (Å²) in [5, 5.41) is 4.68. The quantitative estimate of drug-likeness (QED) is 0.603. The highest BCUT2D eigenvalue weighted by Crippen LogP contribution is 2.10. The van der Waals surface area contributed by atoms with Crippen molar-refractivity contribution in [1.82, 2.24) is 14.8 Å². The van der Waals surface area contributed by atoms with Gasteiger partial charge in [0.15, 0.2) is 0 Å². The molecular formula is C8H7N3O2. The van der Waals surface area contributed by atoms with Gasteiger partial charge in [0.25, 0.3) is 0 Å². The number of ether oxygens (including phenoxy) is 1. The summed E-state index contributed by atoms with van der Waals surface area (Å²) in [6.07, 6.45) is 4.31. The molecule has 0 aliphatic carbocycles. The van der Waals surface area contributed by atoms with Gasteiger partial charge in [-0.05, 0) is 6.07 Å². The van der Waals surface area contributed by atoms with Gasteiger partial charge in [0, 0.05) is 17.8 Å². The Labute approximate surface area is 73.9 Å². The van der Waals surface area contributed by atoms with E-state index < -0.39 is 6.09 Å². The molecule has 0 bridgehead atoms. The van der Waals surface area contributed by atoms with Gasteiger partial charge in [0.1, 0.15) is 0 Å². The molecule has 66 valence electrons. The van der Waals surface area contributed by atoms with E-state index in [1.54, 1.807) is 24.7 Å². The topological polar surface area (TPSA) is 57.0 Å². The first-order valence-electron chi connectivity index (χ1n) is 3.69. The second-order valence-electron chi connectivity index (χ2n) is 2.46. The van der Waals surface area contributed by atoms with Crippen LogP contribution in [0.5, 0.6) is 0 Å². The summed E-state index contributed by atoms with van der Waals surface area (Å²) in [7, 11) is 1.32. The van der Waals surface area contributed by atoms with E-state index in [2.05, 4.69) is 14.8 Å². The van der Waals surface area contributed by atoms with Gasteiger partial charge in [-0.3, -0.25) is 4.98 Å². The fourth-order valence-electron chi connectivity index (χ4n) is 1.11. The number of fused-ring (bicyclic) bond motifs is 1. The third kappa shape index (κ3) is 1.14. The predicted molar refractivity (Wildman–Crippen MR) is 45.3 cm³/mol. The second-order valence-corrected chi connectivity index (χ2v) is 2.46. The lowest BCUT2D eigenvalue weighted by molar-refractivity contribution is 0.170. The van der Waals surface area contributed by atoms with Crippen LogP contribution in [0.25, 0.3) is 10.9 Å². The van der Waals surface area contributed by atoms with Crippen LogP contribution in [0, 0.1) is 0 Å². The zero-order valence-electron chi connectivity index (χ0n) is 6.97. The van der Waals surface area contributed by atoms with Crippen LogP contribution in [0.1, 0.15) is 0 Å². The standard InChI is InChI=1S/C8H7N3O2/c1-13-8(12)11-7-2-3-9-4-6(7)5-10-11/h2-5H,1H3. The maximum atomic E-state index is 11.1. The number of carbonyl (C=O) groups is 1. The van der Waals surface area contributed by atoms with E-state index in [0.717, 1.165) is 5.39 Å². The Hall–Kier alpha value is -1.91. The lowest BCUT2D eigenvalue weighted by Crippen LogP contribution is -2.12. The largest absolute Gasteiger partial charge is 0.451 e. The maximum absolute atomic E-state index is 11.1. The monoisotopic (exact) mass is 177 g/mol. The Bertz CT molecular complexity index is 449. The van der Waals surface area contributed by atoms with Crippen molar-refractivity contribution in [2.24, 2.45) is 0 Å². The Balaban J connectivity index is 2.64. The molecule has 0 atom stereocenters. The zero-order chi connectivity index (χ0) is 9.26. The third-order valence-electron chi connectivity index (χ3n) is 1.72. The molecule has 2 rings (SSSR count). The summed E-state index contributed by atoms with van der Waals surface area (Å²) >= 11 is 0. The number of aromatic nitrogens is 3. The van der Waals surface area contributed by atoms with Crippen molar-refractivity contribution in [3.05, 3.63) is 24.7 Å². The highest BCUT2D eigenvalue weighted by atomic mass is 16.5. The minimum absolute atomic E-state index is 0.499. The molecule has 0 saturated carbocycles. The first-order chi connectivity index (χ1) is 6.33. The molecule has 0 amide bonds. The summed E-state index contributed by atoms with van der Waals surface area (Å²) in [5.74, 6) is 0. The Morgan fingerprint density at radius 3 is 3.15 bits per heavy atom. The average molecular weight is 177 g/mol. The van der Waals surface area contributed by atoms with Crippen LogP contribution in [0.2, 0.25) is 0 Å². The molecule has 2 aromatic heterocycles. The molecule has 13 heavy (non-hydrogen) atoms. The van der Waals surface area contributed by atoms with Crippen molar-refractivity contribution in [3.63, 3.8) is 0 Å². The van der Waals surface area contributed by atoms with Crippen LogP contribution in [-0.2, 0) is 4.74 Å². The number of hydrogen-bond donors (Lipinski definition) is 0. The van der Waals surface area contributed by atoms with Crippen LogP contribution in [-0.4, -0.2) is 28.0 Å². The lowest BCUT2D eigenvalue weighted by Gasteiger charge is -1.98. The van der Waals surface area contributed by atoms with E-state index in [4.69, 9.17) is 0 Å². The number of hydrogen-bond acceptors (Lipinski definition) is 4. The van der Waals surface area contributed by atoms with Gasteiger partial charge in [-0.2, -0.15) is 9.78 Å². The Morgan fingerprint density at radius 2 is 2.38 bits per heavy atom. The van der Waals surface area contributed by atoms with E-state index in [0.29, 0.717) is 5.52 Å². The van der Waals surface area contributed by atoms with Crippen molar-refractivity contribution in [2.45, 2.75) is 0 Å². The number of methoxy groups -OCH3 is 1. The van der Waals surface area contributed by atoms with Crippen molar-refractivity contribution >= 4 is 17.0 Å². The van der Waals surface area contributed by atoms with Gasteiger partial charge in [-0.1, -0.05) is 0 Å². The fraction of sp³-hybridized carbons (Fsp3) is 0.125. The summed E-state index contributed by atoms with van der Waals surface area (Å²) in [6, 6.07) is 1.71. The molecule has 5 heteroatoms. The Kier molecular flexibility index (Phi) is 1.70. The van der Waals surface area contributed by atoms with Gasteiger partial charge in [0.2, 0.25) is 0 Å². The smallest absolute Gasteiger partial charge is 0.434 e. The maximum Gasteiger partial charge on any atom is 0.434 e. The molecule has 5 nitrogen and oxygen atoms in total. The van der Waals surface area contributed by atoms with Gasteiger partial charge < -0.3 is 4.74 Å². The van der Waals surface area contributed by atoms with Gasteiger partial charge >= 0.3 is 6.09 Å². The van der Waals surface area contributed by atoms with Crippen molar-refractivity contribution in [2.75, 3.05) is 7.11 Å². The van der Waals surface area contributed by atoms with Crippen LogP contribution in [0.15, 0.2) is 24.7 Å². The molecule has 0 aliphatic heterocycles. The van der Waals surface area contributed by atoms with Crippen molar-refractivity contribution in [3.8, 4) is 0 Å². The molecule has 0 aromatic carbocycles. The third-order valence-corrected chi connectivity index (χ3v) is 1.72. The Morgan fingerprint density at radius 1 is 1.54 bits per heavy atom. The van der Waals surface area contributed by atoms with E-state index in [9.17, 15) is 4.79 Å².